The molecule has 25 heavy (non-hydrogen) atoms. The van der Waals surface area contributed by atoms with Crippen molar-refractivity contribution in [3.63, 3.8) is 0 Å². The van der Waals surface area contributed by atoms with Gasteiger partial charge in [0.2, 0.25) is 0 Å². The molecule has 0 heterocycles. The van der Waals surface area contributed by atoms with Crippen molar-refractivity contribution in [3.05, 3.63) is 108 Å². The van der Waals surface area contributed by atoms with Crippen LogP contribution in [-0.2, 0) is 9.53 Å². The van der Waals surface area contributed by atoms with Crippen LogP contribution in [0.15, 0.2) is 91.0 Å². The molecule has 0 saturated heterocycles. The summed E-state index contributed by atoms with van der Waals surface area (Å²) in [6.45, 7) is 2.22. The van der Waals surface area contributed by atoms with Crippen LogP contribution in [0.1, 0.15) is 35.4 Å². The van der Waals surface area contributed by atoms with E-state index in [1.807, 2.05) is 73.7 Å². The van der Waals surface area contributed by atoms with Crippen LogP contribution >= 0.6 is 0 Å². The monoisotopic (exact) mass is 330 g/mol. The van der Waals surface area contributed by atoms with Crippen LogP contribution in [0.3, 0.4) is 0 Å². The zero-order chi connectivity index (χ0) is 17.5. The zero-order valence-corrected chi connectivity index (χ0v) is 14.3. The fourth-order valence-corrected chi connectivity index (χ4v) is 3.26. The molecule has 0 aliphatic carbocycles. The van der Waals surface area contributed by atoms with Crippen molar-refractivity contribution in [2.45, 2.75) is 18.8 Å². The van der Waals surface area contributed by atoms with Gasteiger partial charge in [-0.05, 0) is 23.6 Å². The lowest BCUT2D eigenvalue weighted by Gasteiger charge is -2.27. The summed E-state index contributed by atoms with van der Waals surface area (Å²) in [6.07, 6.45) is 0. The summed E-state index contributed by atoms with van der Waals surface area (Å²) >= 11 is 0. The molecule has 0 saturated carbocycles. The molecule has 0 amide bonds. The van der Waals surface area contributed by atoms with Gasteiger partial charge >= 0.3 is 5.97 Å². The van der Waals surface area contributed by atoms with E-state index in [1.165, 1.54) is 0 Å². The lowest BCUT2D eigenvalue weighted by atomic mass is 9.77. The second-order valence-corrected chi connectivity index (χ2v) is 5.94. The number of ether oxygens (including phenoxy) is 1. The molecule has 2 heteroatoms. The maximum atomic E-state index is 12.9. The first-order valence-corrected chi connectivity index (χ1v) is 8.62. The van der Waals surface area contributed by atoms with E-state index in [-0.39, 0.29) is 17.8 Å². The Balaban J connectivity index is 2.14. The van der Waals surface area contributed by atoms with Gasteiger partial charge in [0.05, 0.1) is 12.5 Å². The highest BCUT2D eigenvalue weighted by Gasteiger charge is 2.33. The molecule has 126 valence electrons. The molecular weight excluding hydrogens is 308 g/mol. The van der Waals surface area contributed by atoms with Gasteiger partial charge in [-0.25, -0.2) is 0 Å². The Hall–Kier alpha value is -2.87. The quantitative estimate of drug-likeness (QED) is 0.583. The maximum absolute atomic E-state index is 12.9. The summed E-state index contributed by atoms with van der Waals surface area (Å²) in [6, 6.07) is 30.2. The highest BCUT2D eigenvalue weighted by atomic mass is 16.5. The molecule has 0 aliphatic heterocycles. The van der Waals surface area contributed by atoms with Gasteiger partial charge in [0.15, 0.2) is 0 Å². The number of carbonyl (C=O) groups excluding carboxylic acids is 1. The Labute approximate surface area is 149 Å². The highest BCUT2D eigenvalue weighted by molar-refractivity contribution is 5.80. The third kappa shape index (κ3) is 3.97. The van der Waals surface area contributed by atoms with Gasteiger partial charge in [-0.2, -0.15) is 0 Å². The van der Waals surface area contributed by atoms with Crippen molar-refractivity contribution in [3.8, 4) is 0 Å². The minimum absolute atomic E-state index is 0.0937. The number of benzene rings is 3. The summed E-state index contributed by atoms with van der Waals surface area (Å²) < 4.78 is 5.44. The number of esters is 1. The van der Waals surface area contributed by atoms with Crippen molar-refractivity contribution in [2.75, 3.05) is 6.61 Å². The van der Waals surface area contributed by atoms with Crippen LogP contribution < -0.4 is 0 Å². The highest BCUT2D eigenvalue weighted by Crippen LogP contribution is 2.39. The van der Waals surface area contributed by atoms with E-state index in [1.54, 1.807) is 0 Å². The first-order valence-electron chi connectivity index (χ1n) is 8.62. The standard InChI is InChI=1S/C23H22O2/c1-2-25-23(24)22(20-16-10-5-11-17-20)21(18-12-6-3-7-13-18)19-14-8-4-9-15-19/h3-17,21-22H,2H2,1H3. The Morgan fingerprint density at radius 2 is 1.12 bits per heavy atom. The van der Waals surface area contributed by atoms with E-state index >= 15 is 0 Å². The minimum atomic E-state index is -0.383. The smallest absolute Gasteiger partial charge is 0.314 e. The van der Waals surface area contributed by atoms with Gasteiger partial charge in [-0.1, -0.05) is 91.0 Å². The molecule has 0 aromatic heterocycles. The molecule has 1 atom stereocenters. The molecular formula is C23H22O2. The normalized spacial score (nSPS) is 11.9. The SMILES string of the molecule is CCOC(=O)C(c1ccccc1)C(c1ccccc1)c1ccccc1. The zero-order valence-electron chi connectivity index (χ0n) is 14.3. The van der Waals surface area contributed by atoms with Crippen molar-refractivity contribution in [1.29, 1.82) is 0 Å². The Morgan fingerprint density at radius 1 is 0.720 bits per heavy atom. The topological polar surface area (TPSA) is 26.3 Å². The van der Waals surface area contributed by atoms with Crippen LogP contribution in [0.5, 0.6) is 0 Å². The Bertz CT molecular complexity index is 743. The number of carbonyl (C=O) groups is 1. The summed E-state index contributed by atoms with van der Waals surface area (Å²) in [5, 5.41) is 0. The maximum Gasteiger partial charge on any atom is 0.314 e. The van der Waals surface area contributed by atoms with Crippen LogP contribution in [0.2, 0.25) is 0 Å². The van der Waals surface area contributed by atoms with E-state index < -0.39 is 0 Å². The lowest BCUT2D eigenvalue weighted by molar-refractivity contribution is -0.145. The van der Waals surface area contributed by atoms with Crippen molar-refractivity contribution in [2.24, 2.45) is 0 Å². The summed E-state index contributed by atoms with van der Waals surface area (Å²) in [5.41, 5.74) is 3.19. The van der Waals surface area contributed by atoms with Crippen molar-refractivity contribution < 1.29 is 9.53 Å². The predicted octanol–water partition coefficient (Wildman–Crippen LogP) is 5.17. The lowest BCUT2D eigenvalue weighted by Crippen LogP contribution is -2.24. The summed E-state index contributed by atoms with van der Waals surface area (Å²) in [7, 11) is 0. The third-order valence-corrected chi connectivity index (χ3v) is 4.35. The molecule has 0 fully saturated rings. The molecule has 1 unspecified atom stereocenters. The first-order chi connectivity index (χ1) is 12.3. The fraction of sp³-hybridized carbons (Fsp3) is 0.174. The van der Waals surface area contributed by atoms with E-state index in [0.29, 0.717) is 6.61 Å². The number of rotatable bonds is 6. The van der Waals surface area contributed by atoms with E-state index in [4.69, 9.17) is 4.74 Å². The van der Waals surface area contributed by atoms with Crippen molar-refractivity contribution in [1.82, 2.24) is 0 Å². The van der Waals surface area contributed by atoms with Crippen LogP contribution in [0.25, 0.3) is 0 Å². The third-order valence-electron chi connectivity index (χ3n) is 4.35. The van der Waals surface area contributed by atoms with E-state index in [0.717, 1.165) is 16.7 Å². The molecule has 3 aromatic rings. The van der Waals surface area contributed by atoms with Gasteiger partial charge < -0.3 is 4.74 Å². The van der Waals surface area contributed by atoms with E-state index in [9.17, 15) is 4.79 Å². The van der Waals surface area contributed by atoms with Gasteiger partial charge in [0, 0.05) is 5.92 Å². The number of hydrogen-bond acceptors (Lipinski definition) is 2. The fourth-order valence-electron chi connectivity index (χ4n) is 3.26. The average Bonchev–Trinajstić information content (AvgIpc) is 2.68. The van der Waals surface area contributed by atoms with Gasteiger partial charge in [-0.15, -0.1) is 0 Å². The largest absolute Gasteiger partial charge is 0.465 e. The molecule has 0 radical (unpaired) electrons. The molecule has 0 bridgehead atoms. The molecule has 3 rings (SSSR count). The summed E-state index contributed by atoms with van der Waals surface area (Å²) in [4.78, 5) is 12.9. The minimum Gasteiger partial charge on any atom is -0.465 e. The van der Waals surface area contributed by atoms with Crippen LogP contribution in [-0.4, -0.2) is 12.6 Å². The molecule has 0 N–H and O–H groups in total. The molecule has 2 nitrogen and oxygen atoms in total. The van der Waals surface area contributed by atoms with Crippen LogP contribution in [0.4, 0.5) is 0 Å². The average molecular weight is 330 g/mol. The molecule has 0 spiro atoms. The second kappa shape index (κ2) is 8.29. The second-order valence-electron chi connectivity index (χ2n) is 5.94. The number of hydrogen-bond donors (Lipinski definition) is 0. The molecule has 3 aromatic carbocycles. The molecule has 0 aliphatic rings. The van der Waals surface area contributed by atoms with Crippen molar-refractivity contribution >= 4 is 5.97 Å². The van der Waals surface area contributed by atoms with Gasteiger partial charge in [0.25, 0.3) is 0 Å². The van der Waals surface area contributed by atoms with Crippen LogP contribution in [0, 0.1) is 0 Å². The van der Waals surface area contributed by atoms with Gasteiger partial charge in [0.1, 0.15) is 0 Å². The predicted molar refractivity (Wildman–Crippen MR) is 101 cm³/mol. The Morgan fingerprint density at radius 3 is 1.52 bits per heavy atom. The first kappa shape index (κ1) is 17.0. The summed E-state index contributed by atoms with van der Waals surface area (Å²) in [5.74, 6) is -0.666. The Kier molecular flexibility index (Phi) is 5.63. The van der Waals surface area contributed by atoms with Gasteiger partial charge in [-0.3, -0.25) is 4.79 Å². The van der Waals surface area contributed by atoms with E-state index in [2.05, 4.69) is 24.3 Å².